The molecule has 0 aromatic heterocycles. The first-order valence-electron chi connectivity index (χ1n) is 11.2. The molecular formula is C29H35NO. The summed E-state index contributed by atoms with van der Waals surface area (Å²) in [5.74, 6) is 1.01. The van der Waals surface area contributed by atoms with E-state index in [0.717, 1.165) is 22.4 Å². The molecule has 0 fully saturated rings. The van der Waals surface area contributed by atoms with Crippen molar-refractivity contribution < 1.29 is 5.11 Å². The van der Waals surface area contributed by atoms with Crippen molar-refractivity contribution in [2.45, 2.75) is 65.7 Å². The summed E-state index contributed by atoms with van der Waals surface area (Å²) in [5, 5.41) is 10.5. The van der Waals surface area contributed by atoms with Crippen LogP contribution < -0.4 is 0 Å². The van der Waals surface area contributed by atoms with Crippen LogP contribution in [0.25, 0.3) is 11.1 Å². The summed E-state index contributed by atoms with van der Waals surface area (Å²) in [5.41, 5.74) is 7.85. The number of para-hydroxylation sites is 1. The van der Waals surface area contributed by atoms with E-state index in [9.17, 15) is 5.11 Å². The van der Waals surface area contributed by atoms with Gasteiger partial charge in [-0.15, -0.1) is 0 Å². The van der Waals surface area contributed by atoms with Crippen molar-refractivity contribution in [3.05, 3.63) is 82.9 Å². The van der Waals surface area contributed by atoms with Crippen LogP contribution >= 0.6 is 0 Å². The molecule has 3 aromatic carbocycles. The first kappa shape index (κ1) is 22.8. The lowest BCUT2D eigenvalue weighted by Gasteiger charge is -2.19. The Kier molecular flexibility index (Phi) is 6.69. The highest BCUT2D eigenvalue weighted by atomic mass is 16.3. The molecule has 2 heteroatoms. The van der Waals surface area contributed by atoms with E-state index in [-0.39, 0.29) is 11.2 Å². The summed E-state index contributed by atoms with van der Waals surface area (Å²) in [6.07, 6.45) is 1.80. The molecule has 3 rings (SSSR count). The zero-order chi connectivity index (χ0) is 22.8. The molecule has 31 heavy (non-hydrogen) atoms. The van der Waals surface area contributed by atoms with Crippen LogP contribution in [0.4, 0.5) is 5.69 Å². The lowest BCUT2D eigenvalue weighted by Crippen LogP contribution is -2.10. The Balaban J connectivity index is 2.00. The van der Waals surface area contributed by atoms with Crippen LogP contribution in [0.3, 0.4) is 0 Å². The minimum Gasteiger partial charge on any atom is -0.507 e. The van der Waals surface area contributed by atoms with Gasteiger partial charge in [-0.3, -0.25) is 4.99 Å². The second-order valence-electron chi connectivity index (χ2n) is 9.95. The van der Waals surface area contributed by atoms with Gasteiger partial charge in [0, 0.05) is 11.8 Å². The summed E-state index contributed by atoms with van der Waals surface area (Å²) >= 11 is 0. The van der Waals surface area contributed by atoms with Crippen LogP contribution in [0.5, 0.6) is 5.75 Å². The van der Waals surface area contributed by atoms with E-state index in [1.54, 1.807) is 12.3 Å². The molecule has 0 saturated heterocycles. The van der Waals surface area contributed by atoms with Gasteiger partial charge in [-0.2, -0.15) is 0 Å². The van der Waals surface area contributed by atoms with E-state index >= 15 is 0 Å². The lowest BCUT2D eigenvalue weighted by molar-refractivity contribution is 0.474. The van der Waals surface area contributed by atoms with Crippen LogP contribution in [-0.2, 0) is 5.41 Å². The summed E-state index contributed by atoms with van der Waals surface area (Å²) < 4.78 is 0. The quantitative estimate of drug-likeness (QED) is 0.419. The normalized spacial score (nSPS) is 12.3. The predicted molar refractivity (Wildman–Crippen MR) is 134 cm³/mol. The van der Waals surface area contributed by atoms with Gasteiger partial charge in [-0.1, -0.05) is 97.0 Å². The molecule has 0 bridgehead atoms. The first-order valence-corrected chi connectivity index (χ1v) is 11.2. The van der Waals surface area contributed by atoms with Gasteiger partial charge < -0.3 is 5.11 Å². The molecule has 2 nitrogen and oxygen atoms in total. The fourth-order valence-electron chi connectivity index (χ4n) is 3.80. The largest absolute Gasteiger partial charge is 0.507 e. The second-order valence-corrected chi connectivity index (χ2v) is 9.95. The van der Waals surface area contributed by atoms with Gasteiger partial charge in [0.25, 0.3) is 0 Å². The van der Waals surface area contributed by atoms with Gasteiger partial charge in [0.1, 0.15) is 5.75 Å². The fraction of sp³-hybridized carbons (Fsp3) is 0.345. The standard InChI is InChI=1S/C29H35NO/c1-19(2)25-9-8-10-26(20(3)4)28(25)30-18-23-17-22(13-16-27(23)31)21-11-14-24(15-12-21)29(5,6)7/h8-20,31H,1-7H3/b30-18+. The first-order chi connectivity index (χ1) is 14.6. The molecule has 162 valence electrons. The van der Waals surface area contributed by atoms with Crippen molar-refractivity contribution in [2.24, 2.45) is 4.99 Å². The number of benzene rings is 3. The Morgan fingerprint density at radius 2 is 1.32 bits per heavy atom. The molecule has 0 radical (unpaired) electrons. The summed E-state index contributed by atoms with van der Waals surface area (Å²) in [6.45, 7) is 15.4. The molecule has 0 aliphatic carbocycles. The Morgan fingerprint density at radius 1 is 0.774 bits per heavy atom. The lowest BCUT2D eigenvalue weighted by atomic mass is 9.86. The van der Waals surface area contributed by atoms with Gasteiger partial charge in [-0.05, 0) is 57.2 Å². The molecule has 0 spiro atoms. The molecule has 0 unspecified atom stereocenters. The van der Waals surface area contributed by atoms with Crippen molar-refractivity contribution in [3.8, 4) is 16.9 Å². The Labute approximate surface area is 187 Å². The Morgan fingerprint density at radius 3 is 1.84 bits per heavy atom. The SMILES string of the molecule is CC(C)c1cccc(C(C)C)c1/N=C/c1cc(-c2ccc(C(C)(C)C)cc2)ccc1O. The molecule has 0 saturated carbocycles. The zero-order valence-corrected chi connectivity index (χ0v) is 19.9. The number of phenolic OH excluding ortho intramolecular Hbond substituents is 1. The minimum absolute atomic E-state index is 0.128. The molecule has 1 N–H and O–H groups in total. The number of aromatic hydroxyl groups is 1. The topological polar surface area (TPSA) is 32.6 Å². The van der Waals surface area contributed by atoms with Crippen molar-refractivity contribution in [1.29, 1.82) is 0 Å². The molecule has 0 aliphatic rings. The number of hydrogen-bond acceptors (Lipinski definition) is 2. The predicted octanol–water partition coefficient (Wildman–Crippen LogP) is 8.35. The number of nitrogens with zero attached hydrogens (tertiary/aromatic N) is 1. The molecule has 0 atom stereocenters. The molecule has 3 aromatic rings. The molecule has 0 amide bonds. The van der Waals surface area contributed by atoms with E-state index in [1.807, 2.05) is 12.1 Å². The van der Waals surface area contributed by atoms with Gasteiger partial charge in [0.2, 0.25) is 0 Å². The summed E-state index contributed by atoms with van der Waals surface area (Å²) in [6, 6.07) is 20.8. The van der Waals surface area contributed by atoms with E-state index < -0.39 is 0 Å². The van der Waals surface area contributed by atoms with Gasteiger partial charge in [-0.25, -0.2) is 0 Å². The van der Waals surface area contributed by atoms with Crippen molar-refractivity contribution in [2.75, 3.05) is 0 Å². The van der Waals surface area contributed by atoms with Crippen LogP contribution in [0.15, 0.2) is 65.7 Å². The van der Waals surface area contributed by atoms with Crippen molar-refractivity contribution in [3.63, 3.8) is 0 Å². The Hall–Kier alpha value is -2.87. The fourth-order valence-corrected chi connectivity index (χ4v) is 3.80. The van der Waals surface area contributed by atoms with E-state index in [4.69, 9.17) is 4.99 Å². The molecular weight excluding hydrogens is 378 g/mol. The summed E-state index contributed by atoms with van der Waals surface area (Å²) in [7, 11) is 0. The number of rotatable bonds is 5. The van der Waals surface area contributed by atoms with E-state index in [2.05, 4.69) is 90.9 Å². The highest BCUT2D eigenvalue weighted by Gasteiger charge is 2.14. The van der Waals surface area contributed by atoms with Crippen molar-refractivity contribution in [1.82, 2.24) is 0 Å². The maximum atomic E-state index is 10.5. The van der Waals surface area contributed by atoms with Crippen LogP contribution in [0.2, 0.25) is 0 Å². The zero-order valence-electron chi connectivity index (χ0n) is 19.9. The van der Waals surface area contributed by atoms with Gasteiger partial charge in [0.05, 0.1) is 5.69 Å². The van der Waals surface area contributed by atoms with Crippen LogP contribution in [-0.4, -0.2) is 11.3 Å². The Bertz CT molecular complexity index is 1040. The van der Waals surface area contributed by atoms with Gasteiger partial charge >= 0.3 is 0 Å². The third-order valence-electron chi connectivity index (χ3n) is 5.79. The average molecular weight is 414 g/mol. The van der Waals surface area contributed by atoms with Crippen molar-refractivity contribution >= 4 is 11.9 Å². The van der Waals surface area contributed by atoms with E-state index in [1.165, 1.54) is 16.7 Å². The minimum atomic E-state index is 0.128. The maximum Gasteiger partial charge on any atom is 0.124 e. The third-order valence-corrected chi connectivity index (χ3v) is 5.79. The summed E-state index contributed by atoms with van der Waals surface area (Å²) in [4.78, 5) is 4.88. The molecule has 0 aliphatic heterocycles. The van der Waals surface area contributed by atoms with Crippen LogP contribution in [0, 0.1) is 0 Å². The number of hydrogen-bond donors (Lipinski definition) is 1. The van der Waals surface area contributed by atoms with E-state index in [0.29, 0.717) is 11.8 Å². The highest BCUT2D eigenvalue weighted by Crippen LogP contribution is 2.35. The average Bonchev–Trinajstić information content (AvgIpc) is 2.72. The maximum absolute atomic E-state index is 10.5. The molecule has 0 heterocycles. The van der Waals surface area contributed by atoms with Gasteiger partial charge in [0.15, 0.2) is 0 Å². The highest BCUT2D eigenvalue weighted by molar-refractivity contribution is 5.88. The number of aliphatic imine (C=N–C) groups is 1. The monoisotopic (exact) mass is 413 g/mol. The smallest absolute Gasteiger partial charge is 0.124 e. The van der Waals surface area contributed by atoms with Crippen LogP contribution in [0.1, 0.15) is 82.6 Å². The number of phenols is 1. The second kappa shape index (κ2) is 9.09. The third kappa shape index (κ3) is 5.25.